The standard InChI is InChI=1S/C15H16F2O3/c16-10-3-4-12(17)11(7-10)13(18)8-15(9-14(19)20)5-1-2-6-15/h3-4,7H,1-2,5-6,8-9H2,(H,19,20). The van der Waals surface area contributed by atoms with Gasteiger partial charge >= 0.3 is 5.97 Å². The third kappa shape index (κ3) is 3.21. The van der Waals surface area contributed by atoms with Gasteiger partial charge in [-0.1, -0.05) is 12.8 Å². The minimum Gasteiger partial charge on any atom is -0.481 e. The fourth-order valence-corrected chi connectivity index (χ4v) is 3.01. The lowest BCUT2D eigenvalue weighted by atomic mass is 9.77. The summed E-state index contributed by atoms with van der Waals surface area (Å²) in [5.74, 6) is -2.92. The average molecular weight is 282 g/mol. The fraction of sp³-hybridized carbons (Fsp3) is 0.467. The molecule has 1 aromatic rings. The van der Waals surface area contributed by atoms with Crippen LogP contribution in [-0.2, 0) is 4.79 Å². The minimum absolute atomic E-state index is 0.0420. The van der Waals surface area contributed by atoms with Crippen molar-refractivity contribution in [2.24, 2.45) is 5.41 Å². The first kappa shape index (κ1) is 14.6. The van der Waals surface area contributed by atoms with E-state index in [9.17, 15) is 18.4 Å². The summed E-state index contributed by atoms with van der Waals surface area (Å²) < 4.78 is 26.7. The first-order valence-electron chi connectivity index (χ1n) is 6.62. The summed E-state index contributed by atoms with van der Waals surface area (Å²) in [4.78, 5) is 23.1. The van der Waals surface area contributed by atoms with Gasteiger partial charge in [-0.2, -0.15) is 0 Å². The summed E-state index contributed by atoms with van der Waals surface area (Å²) >= 11 is 0. The van der Waals surface area contributed by atoms with E-state index in [0.717, 1.165) is 31.0 Å². The predicted molar refractivity (Wildman–Crippen MR) is 68.5 cm³/mol. The number of Topliss-reactive ketones (excluding diaryl/α,β-unsaturated/α-hetero) is 1. The maximum Gasteiger partial charge on any atom is 0.303 e. The second-order valence-corrected chi connectivity index (χ2v) is 5.50. The van der Waals surface area contributed by atoms with Gasteiger partial charge in [0.2, 0.25) is 0 Å². The average Bonchev–Trinajstić information content (AvgIpc) is 2.79. The van der Waals surface area contributed by atoms with Crippen LogP contribution < -0.4 is 0 Å². The van der Waals surface area contributed by atoms with Crippen LogP contribution in [0.1, 0.15) is 48.9 Å². The Hall–Kier alpha value is -1.78. The quantitative estimate of drug-likeness (QED) is 0.840. The molecule has 0 amide bonds. The molecule has 1 aliphatic carbocycles. The number of carbonyl (C=O) groups is 2. The van der Waals surface area contributed by atoms with Gasteiger partial charge in [0.25, 0.3) is 0 Å². The highest BCUT2D eigenvalue weighted by molar-refractivity contribution is 5.97. The van der Waals surface area contributed by atoms with Crippen LogP contribution in [0, 0.1) is 17.0 Å². The maximum atomic E-state index is 13.6. The van der Waals surface area contributed by atoms with Crippen LogP contribution in [0.15, 0.2) is 18.2 Å². The van der Waals surface area contributed by atoms with Crippen molar-refractivity contribution in [2.75, 3.05) is 0 Å². The van der Waals surface area contributed by atoms with Gasteiger partial charge < -0.3 is 5.11 Å². The highest BCUT2D eigenvalue weighted by atomic mass is 19.1. The molecule has 0 bridgehead atoms. The first-order valence-corrected chi connectivity index (χ1v) is 6.62. The number of aliphatic carboxylic acids is 1. The molecule has 1 aliphatic rings. The number of rotatable bonds is 5. The van der Waals surface area contributed by atoms with Gasteiger partial charge in [-0.15, -0.1) is 0 Å². The Bertz CT molecular complexity index is 534. The number of carbonyl (C=O) groups excluding carboxylic acids is 1. The van der Waals surface area contributed by atoms with Gasteiger partial charge in [-0.3, -0.25) is 9.59 Å². The second-order valence-electron chi connectivity index (χ2n) is 5.50. The van der Waals surface area contributed by atoms with E-state index in [2.05, 4.69) is 0 Å². The number of benzene rings is 1. The van der Waals surface area contributed by atoms with Crippen LogP contribution in [0.3, 0.4) is 0 Å². The Balaban J connectivity index is 2.20. The van der Waals surface area contributed by atoms with Crippen molar-refractivity contribution in [3.8, 4) is 0 Å². The molecule has 3 nitrogen and oxygen atoms in total. The van der Waals surface area contributed by atoms with E-state index in [1.54, 1.807) is 0 Å². The Morgan fingerprint density at radius 3 is 2.40 bits per heavy atom. The van der Waals surface area contributed by atoms with Crippen LogP contribution in [-0.4, -0.2) is 16.9 Å². The fourth-order valence-electron chi connectivity index (χ4n) is 3.01. The zero-order valence-electron chi connectivity index (χ0n) is 11.0. The molecule has 0 atom stereocenters. The largest absolute Gasteiger partial charge is 0.481 e. The topological polar surface area (TPSA) is 54.4 Å². The number of halogens is 2. The third-order valence-corrected chi connectivity index (χ3v) is 3.95. The van der Waals surface area contributed by atoms with Crippen molar-refractivity contribution >= 4 is 11.8 Å². The van der Waals surface area contributed by atoms with Gasteiger partial charge in [0.1, 0.15) is 11.6 Å². The third-order valence-electron chi connectivity index (χ3n) is 3.95. The summed E-state index contributed by atoms with van der Waals surface area (Å²) in [7, 11) is 0. The number of ketones is 1. The van der Waals surface area contributed by atoms with E-state index in [1.807, 2.05) is 0 Å². The highest BCUT2D eigenvalue weighted by Crippen LogP contribution is 2.44. The molecule has 5 heteroatoms. The Kier molecular flexibility index (Phi) is 4.16. The maximum absolute atomic E-state index is 13.6. The van der Waals surface area contributed by atoms with Crippen molar-refractivity contribution in [3.05, 3.63) is 35.4 Å². The molecule has 0 aliphatic heterocycles. The second kappa shape index (κ2) is 5.69. The van der Waals surface area contributed by atoms with Crippen molar-refractivity contribution in [1.82, 2.24) is 0 Å². The van der Waals surface area contributed by atoms with E-state index in [4.69, 9.17) is 5.11 Å². The molecule has 1 aromatic carbocycles. The molecule has 2 rings (SSSR count). The Morgan fingerprint density at radius 2 is 1.80 bits per heavy atom. The zero-order valence-corrected chi connectivity index (χ0v) is 11.0. The molecule has 0 radical (unpaired) electrons. The normalized spacial score (nSPS) is 17.1. The lowest BCUT2D eigenvalue weighted by molar-refractivity contribution is -0.139. The van der Waals surface area contributed by atoms with E-state index >= 15 is 0 Å². The van der Waals surface area contributed by atoms with Crippen LogP contribution in [0.25, 0.3) is 0 Å². The SMILES string of the molecule is O=C(O)CC1(CC(=O)c2cc(F)ccc2F)CCCC1. The van der Waals surface area contributed by atoms with Crippen LogP contribution in [0.2, 0.25) is 0 Å². The number of carboxylic acids is 1. The summed E-state index contributed by atoms with van der Waals surface area (Å²) in [5.41, 5.74) is -0.900. The van der Waals surface area contributed by atoms with E-state index < -0.39 is 28.8 Å². The molecule has 1 N–H and O–H groups in total. The Morgan fingerprint density at radius 1 is 1.15 bits per heavy atom. The molecule has 0 spiro atoms. The van der Waals surface area contributed by atoms with E-state index in [-0.39, 0.29) is 18.4 Å². The molecular formula is C15H16F2O3. The molecule has 20 heavy (non-hydrogen) atoms. The van der Waals surface area contributed by atoms with Gasteiger partial charge in [0.15, 0.2) is 5.78 Å². The molecule has 0 heterocycles. The van der Waals surface area contributed by atoms with E-state index in [1.165, 1.54) is 0 Å². The highest BCUT2D eigenvalue weighted by Gasteiger charge is 2.38. The van der Waals surface area contributed by atoms with Crippen LogP contribution in [0.4, 0.5) is 8.78 Å². The number of hydrogen-bond donors (Lipinski definition) is 1. The monoisotopic (exact) mass is 282 g/mol. The van der Waals surface area contributed by atoms with Gasteiger partial charge in [0.05, 0.1) is 12.0 Å². The van der Waals surface area contributed by atoms with Gasteiger partial charge in [-0.25, -0.2) is 8.78 Å². The van der Waals surface area contributed by atoms with Crippen LogP contribution >= 0.6 is 0 Å². The molecule has 0 unspecified atom stereocenters. The molecular weight excluding hydrogens is 266 g/mol. The van der Waals surface area contributed by atoms with Crippen molar-refractivity contribution in [3.63, 3.8) is 0 Å². The lowest BCUT2D eigenvalue weighted by Gasteiger charge is -2.26. The molecule has 1 saturated carbocycles. The van der Waals surface area contributed by atoms with Crippen molar-refractivity contribution in [1.29, 1.82) is 0 Å². The van der Waals surface area contributed by atoms with E-state index in [0.29, 0.717) is 12.8 Å². The smallest absolute Gasteiger partial charge is 0.303 e. The summed E-state index contributed by atoms with van der Waals surface area (Å²) in [5, 5.41) is 8.98. The van der Waals surface area contributed by atoms with Crippen molar-refractivity contribution < 1.29 is 23.5 Å². The molecule has 108 valence electrons. The van der Waals surface area contributed by atoms with Gasteiger partial charge in [0, 0.05) is 6.42 Å². The Labute approximate surface area is 115 Å². The van der Waals surface area contributed by atoms with Crippen molar-refractivity contribution in [2.45, 2.75) is 38.5 Å². The lowest BCUT2D eigenvalue weighted by Crippen LogP contribution is -2.25. The molecule has 1 fully saturated rings. The summed E-state index contributed by atoms with van der Waals surface area (Å²) in [6, 6.07) is 2.75. The van der Waals surface area contributed by atoms with Gasteiger partial charge in [-0.05, 0) is 36.5 Å². The molecule has 0 saturated heterocycles. The summed E-state index contributed by atoms with van der Waals surface area (Å²) in [6.45, 7) is 0. The predicted octanol–water partition coefficient (Wildman–Crippen LogP) is 3.57. The zero-order chi connectivity index (χ0) is 14.8. The first-order chi connectivity index (χ1) is 9.42. The number of carboxylic acid groups (broad SMARTS) is 1. The number of hydrogen-bond acceptors (Lipinski definition) is 2. The van der Waals surface area contributed by atoms with Crippen LogP contribution in [0.5, 0.6) is 0 Å². The molecule has 0 aromatic heterocycles. The summed E-state index contributed by atoms with van der Waals surface area (Å²) in [6.07, 6.45) is 2.87. The minimum atomic E-state index is -0.959.